The second kappa shape index (κ2) is 10.6. The number of sulfonamides is 1. The molecule has 0 atom stereocenters. The van der Waals surface area contributed by atoms with Crippen LogP contribution in [0.3, 0.4) is 0 Å². The van der Waals surface area contributed by atoms with E-state index in [1.165, 1.54) is 10.4 Å². The quantitative estimate of drug-likeness (QED) is 0.338. The Kier molecular flexibility index (Phi) is 7.62. The summed E-state index contributed by atoms with van der Waals surface area (Å²) < 4.78 is 28.2. The van der Waals surface area contributed by atoms with Crippen molar-refractivity contribution < 1.29 is 13.3 Å². The third kappa shape index (κ3) is 5.64. The van der Waals surface area contributed by atoms with Gasteiger partial charge in [0, 0.05) is 61.1 Å². The van der Waals surface area contributed by atoms with E-state index < -0.39 is 10.0 Å². The Morgan fingerprint density at radius 3 is 2.24 bits per heavy atom. The zero-order valence-corrected chi connectivity index (χ0v) is 20.8. The first-order valence-electron chi connectivity index (χ1n) is 10.9. The fourth-order valence-electron chi connectivity index (χ4n) is 3.97. The molecule has 3 aromatic carbocycles. The molecule has 8 nitrogen and oxygen atoms in total. The molecular formula is C24H25BrN4O4S. The van der Waals surface area contributed by atoms with E-state index in [0.29, 0.717) is 44.8 Å². The van der Waals surface area contributed by atoms with Gasteiger partial charge in [0.05, 0.1) is 9.82 Å². The van der Waals surface area contributed by atoms with Gasteiger partial charge in [0.1, 0.15) is 0 Å². The maximum absolute atomic E-state index is 13.0. The molecule has 34 heavy (non-hydrogen) atoms. The second-order valence-corrected chi connectivity index (χ2v) is 10.9. The minimum atomic E-state index is -3.56. The van der Waals surface area contributed by atoms with Gasteiger partial charge in [-0.25, -0.2) is 8.42 Å². The normalized spacial score (nSPS) is 14.8. The van der Waals surface area contributed by atoms with Crippen LogP contribution in [0.1, 0.15) is 11.1 Å². The Labute approximate surface area is 207 Å². The van der Waals surface area contributed by atoms with Crippen LogP contribution < -0.4 is 10.2 Å². The van der Waals surface area contributed by atoms with Gasteiger partial charge in [0.2, 0.25) is 10.0 Å². The Hall–Kier alpha value is -2.79. The van der Waals surface area contributed by atoms with Crippen molar-refractivity contribution in [1.82, 2.24) is 9.62 Å². The lowest BCUT2D eigenvalue weighted by Gasteiger charge is -2.35. The third-order valence-corrected chi connectivity index (χ3v) is 8.24. The van der Waals surface area contributed by atoms with Crippen LogP contribution >= 0.6 is 15.9 Å². The molecule has 3 aromatic rings. The first-order chi connectivity index (χ1) is 16.3. The van der Waals surface area contributed by atoms with E-state index >= 15 is 0 Å². The highest BCUT2D eigenvalue weighted by Gasteiger charge is 2.29. The van der Waals surface area contributed by atoms with Crippen molar-refractivity contribution in [2.45, 2.75) is 18.0 Å². The summed E-state index contributed by atoms with van der Waals surface area (Å²) in [6.07, 6.45) is 0. The fourth-order valence-corrected chi connectivity index (χ4v) is 5.65. The SMILES string of the molecule is O=[N+]([O-])c1ccc(N2CCN(S(=O)(=O)c3ccc(Br)cc3)CC2)cc1CNCc1ccccc1. The van der Waals surface area contributed by atoms with Crippen molar-refractivity contribution in [3.8, 4) is 0 Å². The van der Waals surface area contributed by atoms with Gasteiger partial charge in [-0.05, 0) is 42.0 Å². The van der Waals surface area contributed by atoms with E-state index in [2.05, 4.69) is 26.1 Å². The summed E-state index contributed by atoms with van der Waals surface area (Å²) in [6.45, 7) is 2.66. The highest BCUT2D eigenvalue weighted by Crippen LogP contribution is 2.27. The number of hydrogen-bond donors (Lipinski definition) is 1. The van der Waals surface area contributed by atoms with Crippen molar-refractivity contribution in [3.05, 3.63) is 98.5 Å². The number of nitrogens with zero attached hydrogens (tertiary/aromatic N) is 3. The fraction of sp³-hybridized carbons (Fsp3) is 0.250. The number of nitro groups is 1. The standard InChI is InChI=1S/C24H25BrN4O4S/c25-21-6-9-23(10-7-21)34(32,33)28-14-12-27(13-15-28)22-8-11-24(29(30)31)20(16-22)18-26-17-19-4-2-1-3-5-19/h1-11,16,26H,12-15,17-18H2. The molecule has 0 amide bonds. The maximum atomic E-state index is 13.0. The average Bonchev–Trinajstić information content (AvgIpc) is 2.85. The molecule has 1 aliphatic rings. The topological polar surface area (TPSA) is 95.8 Å². The van der Waals surface area contributed by atoms with Gasteiger partial charge >= 0.3 is 0 Å². The van der Waals surface area contributed by atoms with Crippen LogP contribution in [0.4, 0.5) is 11.4 Å². The van der Waals surface area contributed by atoms with Crippen molar-refractivity contribution in [1.29, 1.82) is 0 Å². The molecule has 1 aliphatic heterocycles. The third-order valence-electron chi connectivity index (χ3n) is 5.80. The van der Waals surface area contributed by atoms with E-state index in [1.807, 2.05) is 36.4 Å². The minimum Gasteiger partial charge on any atom is -0.369 e. The van der Waals surface area contributed by atoms with E-state index in [-0.39, 0.29) is 15.5 Å². The molecular weight excluding hydrogens is 520 g/mol. The van der Waals surface area contributed by atoms with Crippen molar-refractivity contribution in [2.75, 3.05) is 31.1 Å². The van der Waals surface area contributed by atoms with E-state index in [4.69, 9.17) is 0 Å². The van der Waals surface area contributed by atoms with Gasteiger partial charge < -0.3 is 10.2 Å². The first kappa shape index (κ1) is 24.3. The molecule has 0 aliphatic carbocycles. The van der Waals surface area contributed by atoms with Crippen LogP contribution in [0, 0.1) is 10.1 Å². The zero-order chi connectivity index (χ0) is 24.1. The number of nitro benzene ring substituents is 1. The second-order valence-electron chi connectivity index (χ2n) is 8.00. The molecule has 4 rings (SSSR count). The summed E-state index contributed by atoms with van der Waals surface area (Å²) in [4.78, 5) is 13.5. The Balaban J connectivity index is 1.43. The lowest BCUT2D eigenvalue weighted by atomic mass is 10.1. The largest absolute Gasteiger partial charge is 0.369 e. The van der Waals surface area contributed by atoms with Gasteiger partial charge in [0.25, 0.3) is 5.69 Å². The molecule has 0 bridgehead atoms. The van der Waals surface area contributed by atoms with Crippen LogP contribution in [0.5, 0.6) is 0 Å². The maximum Gasteiger partial charge on any atom is 0.274 e. The molecule has 0 saturated carbocycles. The van der Waals surface area contributed by atoms with Crippen molar-refractivity contribution >= 4 is 37.3 Å². The van der Waals surface area contributed by atoms with Crippen molar-refractivity contribution in [2.24, 2.45) is 0 Å². The Bertz CT molecular complexity index is 1250. The lowest BCUT2D eigenvalue weighted by Crippen LogP contribution is -2.48. The predicted octanol–water partition coefficient (Wildman–Crippen LogP) is 4.16. The molecule has 0 spiro atoms. The average molecular weight is 545 g/mol. The molecule has 0 radical (unpaired) electrons. The van der Waals surface area contributed by atoms with Crippen LogP contribution in [-0.2, 0) is 23.1 Å². The summed E-state index contributed by atoms with van der Waals surface area (Å²) in [7, 11) is -3.56. The predicted molar refractivity (Wildman–Crippen MR) is 135 cm³/mol. The summed E-state index contributed by atoms with van der Waals surface area (Å²) in [5.74, 6) is 0. The van der Waals surface area contributed by atoms with E-state index in [0.717, 1.165) is 15.7 Å². The molecule has 0 unspecified atom stereocenters. The molecule has 1 N–H and O–H groups in total. The Morgan fingerprint density at radius 2 is 1.59 bits per heavy atom. The van der Waals surface area contributed by atoms with Crippen LogP contribution in [0.2, 0.25) is 0 Å². The molecule has 178 valence electrons. The number of anilines is 1. The highest BCUT2D eigenvalue weighted by molar-refractivity contribution is 9.10. The van der Waals surface area contributed by atoms with Crippen LogP contribution in [0.25, 0.3) is 0 Å². The highest BCUT2D eigenvalue weighted by atomic mass is 79.9. The molecule has 1 saturated heterocycles. The van der Waals surface area contributed by atoms with Gasteiger partial charge in [0.15, 0.2) is 0 Å². The lowest BCUT2D eigenvalue weighted by molar-refractivity contribution is -0.385. The molecule has 10 heteroatoms. The number of benzene rings is 3. The summed E-state index contributed by atoms with van der Waals surface area (Å²) in [5, 5.41) is 14.8. The smallest absolute Gasteiger partial charge is 0.274 e. The summed E-state index contributed by atoms with van der Waals surface area (Å²) in [6, 6.07) is 21.6. The summed E-state index contributed by atoms with van der Waals surface area (Å²) >= 11 is 3.33. The van der Waals surface area contributed by atoms with Crippen LogP contribution in [0.15, 0.2) is 82.2 Å². The number of nitrogens with one attached hydrogen (secondary N) is 1. The minimum absolute atomic E-state index is 0.0702. The van der Waals surface area contributed by atoms with Gasteiger partial charge in [-0.2, -0.15) is 4.31 Å². The van der Waals surface area contributed by atoms with Gasteiger partial charge in [-0.3, -0.25) is 10.1 Å². The van der Waals surface area contributed by atoms with Gasteiger partial charge in [-0.1, -0.05) is 46.3 Å². The Morgan fingerprint density at radius 1 is 0.912 bits per heavy atom. The molecule has 1 fully saturated rings. The summed E-state index contributed by atoms with van der Waals surface area (Å²) in [5.41, 5.74) is 2.62. The van der Waals surface area contributed by atoms with Gasteiger partial charge in [-0.15, -0.1) is 0 Å². The zero-order valence-electron chi connectivity index (χ0n) is 18.4. The molecule has 0 aromatic heterocycles. The van der Waals surface area contributed by atoms with Crippen LogP contribution in [-0.4, -0.2) is 43.8 Å². The monoisotopic (exact) mass is 544 g/mol. The van der Waals surface area contributed by atoms with Crippen molar-refractivity contribution in [3.63, 3.8) is 0 Å². The number of hydrogen-bond acceptors (Lipinski definition) is 6. The van der Waals surface area contributed by atoms with E-state index in [1.54, 1.807) is 30.3 Å². The number of rotatable bonds is 8. The number of halogens is 1. The van der Waals surface area contributed by atoms with E-state index in [9.17, 15) is 18.5 Å². The number of piperazine rings is 1. The molecule has 1 heterocycles. The first-order valence-corrected chi connectivity index (χ1v) is 13.1.